The smallest absolute Gasteiger partial charge is 0.220 e. The maximum Gasteiger partial charge on any atom is 0.220 e. The lowest BCUT2D eigenvalue weighted by atomic mass is 9.71. The van der Waals surface area contributed by atoms with Crippen LogP contribution in [0.5, 0.6) is 5.75 Å². The quantitative estimate of drug-likeness (QED) is 0.678. The van der Waals surface area contributed by atoms with Crippen molar-refractivity contribution in [1.29, 1.82) is 0 Å². The Kier molecular flexibility index (Phi) is 8.13. The van der Waals surface area contributed by atoms with Crippen LogP contribution in [-0.2, 0) is 16.1 Å². The molecule has 1 aromatic rings. The molecule has 1 heterocycles. The Bertz CT molecular complexity index is 611. The van der Waals surface area contributed by atoms with E-state index in [1.54, 1.807) is 0 Å². The van der Waals surface area contributed by atoms with Gasteiger partial charge in [-0.05, 0) is 42.5 Å². The van der Waals surface area contributed by atoms with E-state index in [0.29, 0.717) is 26.1 Å². The van der Waals surface area contributed by atoms with Crippen LogP contribution in [0, 0.1) is 5.41 Å². The van der Waals surface area contributed by atoms with Crippen LogP contribution >= 0.6 is 0 Å². The number of rotatable bonds is 9. The number of ether oxygens (including phenoxy) is 2. The van der Waals surface area contributed by atoms with Gasteiger partial charge >= 0.3 is 0 Å². The fourth-order valence-corrected chi connectivity index (χ4v) is 4.22. The highest BCUT2D eigenvalue weighted by molar-refractivity contribution is 5.76. The molecule has 0 atom stereocenters. The van der Waals surface area contributed by atoms with Gasteiger partial charge in [0.15, 0.2) is 0 Å². The molecule has 0 spiro atoms. The summed E-state index contributed by atoms with van der Waals surface area (Å²) in [7, 11) is 0. The van der Waals surface area contributed by atoms with Crippen molar-refractivity contribution >= 4 is 5.91 Å². The molecular weight excluding hydrogens is 354 g/mol. The second kappa shape index (κ2) is 10.8. The van der Waals surface area contributed by atoms with Gasteiger partial charge in [-0.3, -0.25) is 9.69 Å². The average Bonchev–Trinajstić information content (AvgIpc) is 2.74. The van der Waals surface area contributed by atoms with Crippen LogP contribution in [0.1, 0.15) is 44.1 Å². The summed E-state index contributed by atoms with van der Waals surface area (Å²) in [6, 6.07) is 7.98. The van der Waals surface area contributed by atoms with E-state index in [0.717, 1.165) is 57.0 Å². The molecule has 0 aromatic heterocycles. The zero-order valence-corrected chi connectivity index (χ0v) is 17.0. The zero-order valence-electron chi connectivity index (χ0n) is 17.0. The van der Waals surface area contributed by atoms with Crippen LogP contribution < -0.4 is 15.8 Å². The minimum absolute atomic E-state index is 0.00673. The topological polar surface area (TPSA) is 76.8 Å². The fraction of sp³-hybridized carbons (Fsp3) is 0.682. The monoisotopic (exact) mass is 389 g/mol. The van der Waals surface area contributed by atoms with E-state index in [4.69, 9.17) is 15.2 Å². The van der Waals surface area contributed by atoms with E-state index < -0.39 is 0 Å². The van der Waals surface area contributed by atoms with Gasteiger partial charge in [0.1, 0.15) is 12.4 Å². The summed E-state index contributed by atoms with van der Waals surface area (Å²) in [4.78, 5) is 14.8. The first-order valence-corrected chi connectivity index (χ1v) is 10.7. The second-order valence-corrected chi connectivity index (χ2v) is 8.17. The third-order valence-corrected chi connectivity index (χ3v) is 6.05. The Balaban J connectivity index is 1.41. The number of carbonyl (C=O) groups excluding carboxylic acids is 1. The Labute approximate surface area is 168 Å². The highest BCUT2D eigenvalue weighted by Gasteiger charge is 2.32. The molecule has 28 heavy (non-hydrogen) atoms. The summed E-state index contributed by atoms with van der Waals surface area (Å²) in [6.07, 6.45) is 6.33. The minimum Gasteiger partial charge on any atom is -0.492 e. The fourth-order valence-electron chi connectivity index (χ4n) is 4.22. The molecule has 6 heteroatoms. The van der Waals surface area contributed by atoms with Gasteiger partial charge < -0.3 is 20.5 Å². The summed E-state index contributed by atoms with van der Waals surface area (Å²) >= 11 is 0. The molecule has 3 rings (SSSR count). The standard InChI is InChI=1S/C22H35N3O3/c23-18-22(7-2-1-3-8-22)16-21(26)24-17-19-5-4-6-20(15-19)28-14-11-25-9-12-27-13-10-25/h4-6,15H,1-3,7-14,16-18,23H2,(H,24,26). The normalized spacial score (nSPS) is 19.9. The number of hydrogen-bond acceptors (Lipinski definition) is 5. The van der Waals surface area contributed by atoms with Crippen molar-refractivity contribution in [1.82, 2.24) is 10.2 Å². The number of nitrogens with two attached hydrogens (primary N) is 1. The molecule has 1 saturated heterocycles. The SMILES string of the molecule is NCC1(CC(=O)NCc2cccc(OCCN3CCOCC3)c2)CCCCC1. The number of nitrogens with one attached hydrogen (secondary N) is 1. The summed E-state index contributed by atoms with van der Waals surface area (Å²) < 4.78 is 11.3. The molecule has 2 fully saturated rings. The molecule has 0 radical (unpaired) electrons. The van der Waals surface area contributed by atoms with E-state index in [1.165, 1.54) is 19.3 Å². The first-order valence-electron chi connectivity index (χ1n) is 10.7. The van der Waals surface area contributed by atoms with Gasteiger partial charge in [-0.2, -0.15) is 0 Å². The number of hydrogen-bond donors (Lipinski definition) is 2. The highest BCUT2D eigenvalue weighted by atomic mass is 16.5. The van der Waals surface area contributed by atoms with Gasteiger partial charge in [-0.25, -0.2) is 0 Å². The number of benzene rings is 1. The molecule has 1 aliphatic heterocycles. The van der Waals surface area contributed by atoms with Crippen LogP contribution in [0.4, 0.5) is 0 Å². The van der Waals surface area contributed by atoms with Crippen LogP contribution in [0.3, 0.4) is 0 Å². The Morgan fingerprint density at radius 2 is 2.00 bits per heavy atom. The molecule has 2 aliphatic rings. The zero-order chi connectivity index (χ0) is 19.7. The maximum atomic E-state index is 12.5. The third-order valence-electron chi connectivity index (χ3n) is 6.05. The van der Waals surface area contributed by atoms with Crippen LogP contribution in [0.2, 0.25) is 0 Å². The van der Waals surface area contributed by atoms with Crippen molar-refractivity contribution in [3.63, 3.8) is 0 Å². The number of amides is 1. The third kappa shape index (κ3) is 6.47. The van der Waals surface area contributed by atoms with E-state index in [9.17, 15) is 4.79 Å². The predicted molar refractivity (Wildman–Crippen MR) is 110 cm³/mol. The minimum atomic E-state index is 0.00673. The number of carbonyl (C=O) groups is 1. The summed E-state index contributed by atoms with van der Waals surface area (Å²) in [5, 5.41) is 3.07. The van der Waals surface area contributed by atoms with Crippen molar-refractivity contribution in [2.45, 2.75) is 45.1 Å². The van der Waals surface area contributed by atoms with Gasteiger partial charge in [0.2, 0.25) is 5.91 Å². The van der Waals surface area contributed by atoms with E-state index in [2.05, 4.69) is 10.2 Å². The lowest BCUT2D eigenvalue weighted by Gasteiger charge is -2.35. The Hall–Kier alpha value is -1.63. The van der Waals surface area contributed by atoms with Gasteiger partial charge in [-0.15, -0.1) is 0 Å². The van der Waals surface area contributed by atoms with Crippen LogP contribution in [0.15, 0.2) is 24.3 Å². The Morgan fingerprint density at radius 3 is 2.75 bits per heavy atom. The van der Waals surface area contributed by atoms with E-state index in [-0.39, 0.29) is 11.3 Å². The van der Waals surface area contributed by atoms with Gasteiger partial charge in [0.25, 0.3) is 0 Å². The van der Waals surface area contributed by atoms with Crippen molar-refractivity contribution in [3.05, 3.63) is 29.8 Å². The second-order valence-electron chi connectivity index (χ2n) is 8.17. The molecule has 156 valence electrons. The first kappa shape index (κ1) is 21.1. The van der Waals surface area contributed by atoms with Crippen molar-refractivity contribution in [3.8, 4) is 5.75 Å². The molecule has 0 bridgehead atoms. The molecule has 6 nitrogen and oxygen atoms in total. The van der Waals surface area contributed by atoms with Crippen molar-refractivity contribution < 1.29 is 14.3 Å². The lowest BCUT2D eigenvalue weighted by Crippen LogP contribution is -2.38. The summed E-state index contributed by atoms with van der Waals surface area (Å²) in [6.45, 7) is 6.26. The van der Waals surface area contributed by atoms with E-state index in [1.807, 2.05) is 24.3 Å². The molecule has 1 aliphatic carbocycles. The highest BCUT2D eigenvalue weighted by Crippen LogP contribution is 2.38. The maximum absolute atomic E-state index is 12.5. The van der Waals surface area contributed by atoms with Gasteiger partial charge in [0, 0.05) is 32.6 Å². The number of morpholine rings is 1. The molecule has 3 N–H and O–H groups in total. The average molecular weight is 390 g/mol. The largest absolute Gasteiger partial charge is 0.492 e. The molecule has 0 unspecified atom stereocenters. The van der Waals surface area contributed by atoms with Gasteiger partial charge in [0.05, 0.1) is 13.2 Å². The van der Waals surface area contributed by atoms with Crippen LogP contribution in [0.25, 0.3) is 0 Å². The number of nitrogens with zero attached hydrogens (tertiary/aromatic N) is 1. The summed E-state index contributed by atoms with van der Waals surface area (Å²) in [5.41, 5.74) is 7.07. The first-order chi connectivity index (χ1) is 13.7. The molecular formula is C22H35N3O3. The van der Waals surface area contributed by atoms with Crippen LogP contribution in [-0.4, -0.2) is 56.8 Å². The summed E-state index contributed by atoms with van der Waals surface area (Å²) in [5.74, 6) is 0.955. The van der Waals surface area contributed by atoms with Gasteiger partial charge in [-0.1, -0.05) is 31.4 Å². The molecule has 1 saturated carbocycles. The van der Waals surface area contributed by atoms with Crippen molar-refractivity contribution in [2.24, 2.45) is 11.1 Å². The molecule has 1 aromatic carbocycles. The predicted octanol–water partition coefficient (Wildman–Crippen LogP) is 2.31. The van der Waals surface area contributed by atoms with E-state index >= 15 is 0 Å². The van der Waals surface area contributed by atoms with Crippen molar-refractivity contribution in [2.75, 3.05) is 46.0 Å². The Morgan fingerprint density at radius 1 is 1.21 bits per heavy atom. The lowest BCUT2D eigenvalue weighted by molar-refractivity contribution is -0.124. The molecule has 1 amide bonds.